The minimum atomic E-state index is -0.869. The summed E-state index contributed by atoms with van der Waals surface area (Å²) >= 11 is 3.34. The number of hydrogen-bond donors (Lipinski definition) is 1. The molecule has 1 aliphatic rings. The van der Waals surface area contributed by atoms with Gasteiger partial charge in [0.05, 0.1) is 5.92 Å². The molecule has 0 aromatic carbocycles. The zero-order chi connectivity index (χ0) is 14.2. The Hall–Kier alpha value is -1.30. The number of aromatic nitrogens is 1. The van der Waals surface area contributed by atoms with Crippen molar-refractivity contribution < 1.29 is 14.7 Å². The van der Waals surface area contributed by atoms with Gasteiger partial charge >= 0.3 is 5.97 Å². The van der Waals surface area contributed by atoms with Crippen LogP contribution in [-0.2, 0) is 11.8 Å². The summed E-state index contributed by atoms with van der Waals surface area (Å²) in [5.41, 5.74) is 0.580. The second-order valence-electron chi connectivity index (χ2n) is 5.08. The first-order valence-electron chi connectivity index (χ1n) is 6.25. The first-order chi connectivity index (χ1) is 8.90. The van der Waals surface area contributed by atoms with Crippen LogP contribution in [0.3, 0.4) is 0 Å². The summed E-state index contributed by atoms with van der Waals surface area (Å²) in [5, 5.41) is 8.99. The molecule has 1 amide bonds. The maximum absolute atomic E-state index is 12.5. The number of carboxylic acids is 1. The molecule has 1 saturated carbocycles. The highest BCUT2D eigenvalue weighted by Gasteiger charge is 2.35. The monoisotopic (exact) mass is 328 g/mol. The second kappa shape index (κ2) is 5.36. The molecule has 0 spiro atoms. The quantitative estimate of drug-likeness (QED) is 0.900. The van der Waals surface area contributed by atoms with Gasteiger partial charge in [0, 0.05) is 30.3 Å². The fraction of sp³-hybridized carbons (Fsp3) is 0.538. The molecule has 1 fully saturated rings. The van der Waals surface area contributed by atoms with Gasteiger partial charge in [-0.25, -0.2) is 0 Å². The van der Waals surface area contributed by atoms with Crippen molar-refractivity contribution >= 4 is 27.8 Å². The van der Waals surface area contributed by atoms with Crippen molar-refractivity contribution in [1.82, 2.24) is 9.47 Å². The summed E-state index contributed by atoms with van der Waals surface area (Å²) in [6.45, 7) is 1.90. The lowest BCUT2D eigenvalue weighted by molar-refractivity contribution is -0.141. The molecule has 1 heterocycles. The Morgan fingerprint density at radius 3 is 2.63 bits per heavy atom. The Morgan fingerprint density at radius 1 is 1.58 bits per heavy atom. The number of halogens is 1. The molecule has 5 nitrogen and oxygen atoms in total. The van der Waals surface area contributed by atoms with Crippen molar-refractivity contribution in [3.05, 3.63) is 22.4 Å². The Labute approximate surface area is 120 Å². The molecule has 1 atom stereocenters. The van der Waals surface area contributed by atoms with E-state index in [2.05, 4.69) is 15.9 Å². The van der Waals surface area contributed by atoms with Crippen molar-refractivity contribution in [2.24, 2.45) is 13.0 Å². The van der Waals surface area contributed by atoms with Crippen LogP contribution in [-0.4, -0.2) is 39.0 Å². The average molecular weight is 329 g/mol. The normalized spacial score (nSPS) is 16.2. The maximum Gasteiger partial charge on any atom is 0.308 e. The Balaban J connectivity index is 2.17. The van der Waals surface area contributed by atoms with Crippen LogP contribution in [0.1, 0.15) is 30.3 Å². The van der Waals surface area contributed by atoms with E-state index in [0.717, 1.165) is 17.3 Å². The van der Waals surface area contributed by atoms with Gasteiger partial charge in [0.25, 0.3) is 5.91 Å². The van der Waals surface area contributed by atoms with E-state index in [1.54, 1.807) is 22.5 Å². The predicted molar refractivity (Wildman–Crippen MR) is 74.0 cm³/mol. The summed E-state index contributed by atoms with van der Waals surface area (Å²) in [6.07, 6.45) is 3.74. The van der Waals surface area contributed by atoms with Crippen LogP contribution in [0.4, 0.5) is 0 Å². The first-order valence-corrected chi connectivity index (χ1v) is 7.05. The zero-order valence-electron chi connectivity index (χ0n) is 11.0. The summed E-state index contributed by atoms with van der Waals surface area (Å²) in [7, 11) is 1.81. The van der Waals surface area contributed by atoms with E-state index in [4.69, 9.17) is 5.11 Å². The fourth-order valence-electron chi connectivity index (χ4n) is 2.04. The first kappa shape index (κ1) is 14.1. The van der Waals surface area contributed by atoms with Crippen LogP contribution in [0.2, 0.25) is 0 Å². The highest BCUT2D eigenvalue weighted by molar-refractivity contribution is 9.10. The van der Waals surface area contributed by atoms with Gasteiger partial charge in [-0.05, 0) is 34.8 Å². The molecule has 2 rings (SSSR count). The number of aliphatic carboxylic acids is 1. The lowest BCUT2D eigenvalue weighted by Crippen LogP contribution is -2.39. The molecule has 1 aromatic heterocycles. The third-order valence-corrected chi connectivity index (χ3v) is 3.76. The van der Waals surface area contributed by atoms with Crippen LogP contribution in [0.5, 0.6) is 0 Å². The molecular weight excluding hydrogens is 312 g/mol. The lowest BCUT2D eigenvalue weighted by Gasteiger charge is -2.24. The highest BCUT2D eigenvalue weighted by atomic mass is 79.9. The molecule has 19 heavy (non-hydrogen) atoms. The van der Waals surface area contributed by atoms with Crippen LogP contribution in [0.25, 0.3) is 0 Å². The molecule has 0 radical (unpaired) electrons. The fourth-order valence-corrected chi connectivity index (χ4v) is 2.57. The molecule has 0 unspecified atom stereocenters. The summed E-state index contributed by atoms with van der Waals surface area (Å²) < 4.78 is 2.60. The van der Waals surface area contributed by atoms with Crippen LogP contribution in [0.15, 0.2) is 16.7 Å². The number of aryl methyl sites for hydroxylation is 1. The third-order valence-electron chi connectivity index (χ3n) is 3.33. The molecule has 0 bridgehead atoms. The molecule has 0 saturated heterocycles. The lowest BCUT2D eigenvalue weighted by atomic mass is 10.1. The Kier molecular flexibility index (Phi) is 3.99. The van der Waals surface area contributed by atoms with Gasteiger partial charge in [0.2, 0.25) is 0 Å². The number of carboxylic acid groups (broad SMARTS) is 1. The summed E-state index contributed by atoms with van der Waals surface area (Å²) in [4.78, 5) is 25.2. The van der Waals surface area contributed by atoms with E-state index in [1.165, 1.54) is 0 Å². The van der Waals surface area contributed by atoms with Crippen molar-refractivity contribution in [1.29, 1.82) is 0 Å². The van der Waals surface area contributed by atoms with Gasteiger partial charge in [0.15, 0.2) is 0 Å². The molecule has 104 valence electrons. The van der Waals surface area contributed by atoms with Crippen LogP contribution >= 0.6 is 15.9 Å². The van der Waals surface area contributed by atoms with Crippen LogP contribution in [0, 0.1) is 5.92 Å². The smallest absolute Gasteiger partial charge is 0.308 e. The molecule has 1 aromatic rings. The Bertz CT molecular complexity index is 508. The van der Waals surface area contributed by atoms with Crippen molar-refractivity contribution in [2.45, 2.75) is 25.8 Å². The molecular formula is C13H17BrN2O3. The highest BCUT2D eigenvalue weighted by Crippen LogP contribution is 2.29. The average Bonchev–Trinajstić information content (AvgIpc) is 3.10. The van der Waals surface area contributed by atoms with Gasteiger partial charge in [0.1, 0.15) is 5.69 Å². The number of hydrogen-bond acceptors (Lipinski definition) is 2. The number of amides is 1. The number of carbonyl (C=O) groups is 2. The molecule has 0 aliphatic heterocycles. The van der Waals surface area contributed by atoms with Gasteiger partial charge in [-0.2, -0.15) is 0 Å². The van der Waals surface area contributed by atoms with E-state index in [1.807, 2.05) is 13.2 Å². The van der Waals surface area contributed by atoms with Gasteiger partial charge < -0.3 is 14.6 Å². The number of nitrogens with zero attached hydrogens (tertiary/aromatic N) is 2. The van der Waals surface area contributed by atoms with Gasteiger partial charge in [-0.1, -0.05) is 6.92 Å². The summed E-state index contributed by atoms with van der Waals surface area (Å²) in [5.74, 6) is -1.51. The van der Waals surface area contributed by atoms with Crippen molar-refractivity contribution in [3.8, 4) is 0 Å². The standard InChI is InChI=1S/C13H17BrN2O3/c1-8(13(18)19)6-16(10-3-4-10)12(17)11-5-9(14)7-15(11)2/h5,7-8,10H,3-4,6H2,1-2H3,(H,18,19)/t8-/m0/s1. The van der Waals surface area contributed by atoms with E-state index in [9.17, 15) is 9.59 Å². The minimum absolute atomic E-state index is 0.0937. The molecule has 6 heteroatoms. The second-order valence-corrected chi connectivity index (χ2v) is 6.00. The topological polar surface area (TPSA) is 62.5 Å². The number of rotatable bonds is 5. The van der Waals surface area contributed by atoms with Crippen LogP contribution < -0.4 is 0 Å². The minimum Gasteiger partial charge on any atom is -0.481 e. The number of carbonyl (C=O) groups excluding carboxylic acids is 1. The molecule has 1 N–H and O–H groups in total. The van der Waals surface area contributed by atoms with E-state index < -0.39 is 11.9 Å². The van der Waals surface area contributed by atoms with Crippen molar-refractivity contribution in [3.63, 3.8) is 0 Å². The van der Waals surface area contributed by atoms with Crippen molar-refractivity contribution in [2.75, 3.05) is 6.54 Å². The van der Waals surface area contributed by atoms with E-state index >= 15 is 0 Å². The van der Waals surface area contributed by atoms with E-state index in [0.29, 0.717) is 5.69 Å². The SMILES string of the molecule is C[C@@H](CN(C(=O)c1cc(Br)cn1C)C1CC1)C(=O)O. The summed E-state index contributed by atoms with van der Waals surface area (Å²) in [6, 6.07) is 1.96. The Morgan fingerprint density at radius 2 is 2.21 bits per heavy atom. The third kappa shape index (κ3) is 3.18. The maximum atomic E-state index is 12.5. The zero-order valence-corrected chi connectivity index (χ0v) is 12.6. The van der Waals surface area contributed by atoms with Gasteiger partial charge in [-0.15, -0.1) is 0 Å². The molecule has 1 aliphatic carbocycles. The largest absolute Gasteiger partial charge is 0.481 e. The van der Waals surface area contributed by atoms with E-state index in [-0.39, 0.29) is 18.5 Å². The van der Waals surface area contributed by atoms with Gasteiger partial charge in [-0.3, -0.25) is 9.59 Å². The predicted octanol–water partition coefficient (Wildman–Crippen LogP) is 2.11.